The maximum absolute atomic E-state index is 13.7. The first-order chi connectivity index (χ1) is 15.5. The summed E-state index contributed by atoms with van der Waals surface area (Å²) in [5, 5.41) is 1.27. The van der Waals surface area contributed by atoms with Gasteiger partial charge in [0, 0.05) is 22.5 Å². The Balaban J connectivity index is 1.95. The summed E-state index contributed by atoms with van der Waals surface area (Å²) in [6.07, 6.45) is -1.56. The molecular formula is C26H21BrF3NO. The first-order valence-electron chi connectivity index (χ1n) is 10.3. The van der Waals surface area contributed by atoms with Crippen LogP contribution in [0.1, 0.15) is 23.1 Å². The molecule has 6 heteroatoms. The van der Waals surface area contributed by atoms with Crippen molar-refractivity contribution < 1.29 is 17.9 Å². The number of hydrogen-bond acceptors (Lipinski definition) is 2. The Labute approximate surface area is 193 Å². The quantitative estimate of drug-likeness (QED) is 0.192. The number of halogens is 4. The molecule has 0 saturated heterocycles. The van der Waals surface area contributed by atoms with Crippen molar-refractivity contribution in [1.29, 1.82) is 0 Å². The normalized spacial score (nSPS) is 11.6. The highest BCUT2D eigenvalue weighted by Crippen LogP contribution is 2.41. The zero-order valence-electron chi connectivity index (χ0n) is 17.2. The van der Waals surface area contributed by atoms with Crippen molar-refractivity contribution >= 4 is 26.8 Å². The van der Waals surface area contributed by atoms with Gasteiger partial charge in [0.2, 0.25) is 0 Å². The second kappa shape index (κ2) is 9.74. The third kappa shape index (κ3) is 4.80. The van der Waals surface area contributed by atoms with Gasteiger partial charge in [-0.3, -0.25) is 4.98 Å². The van der Waals surface area contributed by atoms with Gasteiger partial charge in [0.05, 0.1) is 17.7 Å². The number of aromatic nitrogens is 1. The molecule has 0 radical (unpaired) electrons. The second-order valence-corrected chi connectivity index (χ2v) is 8.20. The highest BCUT2D eigenvalue weighted by atomic mass is 79.9. The zero-order valence-corrected chi connectivity index (χ0v) is 18.8. The van der Waals surface area contributed by atoms with Crippen molar-refractivity contribution in [2.45, 2.75) is 19.0 Å². The molecule has 0 atom stereocenters. The third-order valence-corrected chi connectivity index (χ3v) is 5.77. The van der Waals surface area contributed by atoms with E-state index < -0.39 is 11.7 Å². The van der Waals surface area contributed by atoms with E-state index in [-0.39, 0.29) is 5.52 Å². The van der Waals surface area contributed by atoms with Crippen LogP contribution in [-0.4, -0.2) is 16.9 Å². The van der Waals surface area contributed by atoms with Crippen molar-refractivity contribution in [1.82, 2.24) is 4.98 Å². The Morgan fingerprint density at radius 2 is 1.62 bits per heavy atom. The van der Waals surface area contributed by atoms with E-state index in [0.29, 0.717) is 24.2 Å². The van der Waals surface area contributed by atoms with Crippen molar-refractivity contribution in [3.63, 3.8) is 0 Å². The minimum Gasteiger partial charge on any atom is -0.493 e. The maximum atomic E-state index is 13.7. The first-order valence-corrected chi connectivity index (χ1v) is 11.4. The summed E-state index contributed by atoms with van der Waals surface area (Å²) < 4.78 is 47.2. The van der Waals surface area contributed by atoms with Gasteiger partial charge in [-0.1, -0.05) is 76.6 Å². The van der Waals surface area contributed by atoms with Crippen LogP contribution >= 0.6 is 15.9 Å². The van der Waals surface area contributed by atoms with Crippen LogP contribution in [0.15, 0.2) is 79.0 Å². The smallest absolute Gasteiger partial charge is 0.418 e. The van der Waals surface area contributed by atoms with Crippen LogP contribution in [0, 0.1) is 0 Å². The van der Waals surface area contributed by atoms with Gasteiger partial charge in [0.15, 0.2) is 0 Å². The molecule has 0 aliphatic rings. The van der Waals surface area contributed by atoms with E-state index in [4.69, 9.17) is 4.74 Å². The molecule has 2 nitrogen and oxygen atoms in total. The van der Waals surface area contributed by atoms with Gasteiger partial charge in [-0.2, -0.15) is 13.2 Å². The summed E-state index contributed by atoms with van der Waals surface area (Å²) >= 11 is 3.40. The summed E-state index contributed by atoms with van der Waals surface area (Å²) in [7, 11) is 0. The van der Waals surface area contributed by atoms with Gasteiger partial charge < -0.3 is 4.74 Å². The average molecular weight is 500 g/mol. The number of para-hydroxylation sites is 2. The lowest BCUT2D eigenvalue weighted by molar-refractivity contribution is -0.136. The predicted octanol–water partition coefficient (Wildman–Crippen LogP) is 7.68. The molecule has 32 heavy (non-hydrogen) atoms. The molecule has 0 aliphatic heterocycles. The van der Waals surface area contributed by atoms with Crippen molar-refractivity contribution in [3.05, 3.63) is 95.7 Å². The number of hydrogen-bond donors (Lipinski definition) is 0. The summed E-state index contributed by atoms with van der Waals surface area (Å²) in [5.41, 5.74) is 2.60. The standard InChI is InChI=1S/C26H21BrF3NO/c27-14-7-15-32-23-13-5-4-10-20(23)24-19(16-18-8-2-1-3-9-18)17-31-25-21(24)11-6-12-22(25)26(28,29)30/h1-6,8-13,17H,7,14-16H2. The molecule has 0 saturated carbocycles. The summed E-state index contributed by atoms with van der Waals surface area (Å²) in [6, 6.07) is 21.5. The summed E-state index contributed by atoms with van der Waals surface area (Å²) in [6.45, 7) is 0.507. The predicted molar refractivity (Wildman–Crippen MR) is 125 cm³/mol. The third-order valence-electron chi connectivity index (χ3n) is 5.21. The number of ether oxygens (including phenoxy) is 1. The van der Waals surface area contributed by atoms with E-state index in [1.54, 1.807) is 12.3 Å². The Bertz CT molecular complexity index is 1210. The monoisotopic (exact) mass is 499 g/mol. The van der Waals surface area contributed by atoms with Crippen LogP contribution in [0.5, 0.6) is 5.75 Å². The Morgan fingerprint density at radius 3 is 2.38 bits per heavy atom. The fourth-order valence-electron chi connectivity index (χ4n) is 3.80. The molecule has 0 bridgehead atoms. The number of benzene rings is 3. The molecule has 1 aromatic heterocycles. The van der Waals surface area contributed by atoms with Crippen LogP contribution in [-0.2, 0) is 12.6 Å². The first kappa shape index (κ1) is 22.3. The molecule has 0 unspecified atom stereocenters. The van der Waals surface area contributed by atoms with Gasteiger partial charge in [-0.25, -0.2) is 0 Å². The number of alkyl halides is 4. The maximum Gasteiger partial charge on any atom is 0.418 e. The van der Waals surface area contributed by atoms with E-state index in [1.807, 2.05) is 54.6 Å². The van der Waals surface area contributed by atoms with Crippen LogP contribution in [0.2, 0.25) is 0 Å². The summed E-state index contributed by atoms with van der Waals surface area (Å²) in [4.78, 5) is 4.27. The number of nitrogens with zero attached hydrogens (tertiary/aromatic N) is 1. The molecule has 4 rings (SSSR count). The van der Waals surface area contributed by atoms with Crippen LogP contribution in [0.4, 0.5) is 13.2 Å². The lowest BCUT2D eigenvalue weighted by Gasteiger charge is -2.18. The Hall–Kier alpha value is -2.86. The molecule has 0 spiro atoms. The van der Waals surface area contributed by atoms with E-state index >= 15 is 0 Å². The molecule has 4 aromatic rings. The molecule has 1 heterocycles. The molecule has 0 aliphatic carbocycles. The van der Waals surface area contributed by atoms with Gasteiger partial charge in [-0.05, 0) is 41.7 Å². The SMILES string of the molecule is FC(F)(F)c1cccc2c(-c3ccccc3OCCCBr)c(Cc3ccccc3)cnc12. The van der Waals surface area contributed by atoms with Gasteiger partial charge >= 0.3 is 6.18 Å². The topological polar surface area (TPSA) is 22.1 Å². The summed E-state index contributed by atoms with van der Waals surface area (Å²) in [5.74, 6) is 0.646. The van der Waals surface area contributed by atoms with Crippen LogP contribution in [0.3, 0.4) is 0 Å². The largest absolute Gasteiger partial charge is 0.493 e. The molecule has 3 aromatic carbocycles. The molecular weight excluding hydrogens is 479 g/mol. The van der Waals surface area contributed by atoms with Gasteiger partial charge in [0.1, 0.15) is 5.75 Å². The molecule has 0 fully saturated rings. The number of fused-ring (bicyclic) bond motifs is 1. The fourth-order valence-corrected chi connectivity index (χ4v) is 4.03. The fraction of sp³-hybridized carbons (Fsp3) is 0.192. The zero-order chi connectivity index (χ0) is 22.6. The lowest BCUT2D eigenvalue weighted by atomic mass is 9.91. The van der Waals surface area contributed by atoms with Crippen molar-refractivity contribution in [2.24, 2.45) is 0 Å². The number of pyridine rings is 1. The molecule has 0 amide bonds. The minimum absolute atomic E-state index is 0.0536. The Kier molecular flexibility index (Phi) is 6.80. The van der Waals surface area contributed by atoms with Crippen molar-refractivity contribution in [3.8, 4) is 16.9 Å². The van der Waals surface area contributed by atoms with E-state index in [2.05, 4.69) is 20.9 Å². The molecule has 164 valence electrons. The van der Waals surface area contributed by atoms with Crippen LogP contribution in [0.25, 0.3) is 22.0 Å². The minimum atomic E-state index is -4.49. The Morgan fingerprint density at radius 1 is 0.875 bits per heavy atom. The highest BCUT2D eigenvalue weighted by Gasteiger charge is 2.33. The van der Waals surface area contributed by atoms with E-state index in [9.17, 15) is 13.2 Å². The van der Waals surface area contributed by atoms with Gasteiger partial charge in [0.25, 0.3) is 0 Å². The molecule has 0 N–H and O–H groups in total. The van der Waals surface area contributed by atoms with E-state index in [1.165, 1.54) is 6.07 Å². The van der Waals surface area contributed by atoms with E-state index in [0.717, 1.165) is 40.1 Å². The second-order valence-electron chi connectivity index (χ2n) is 7.41. The highest BCUT2D eigenvalue weighted by molar-refractivity contribution is 9.09. The average Bonchev–Trinajstić information content (AvgIpc) is 2.79. The van der Waals surface area contributed by atoms with Gasteiger partial charge in [-0.15, -0.1) is 0 Å². The number of rotatable bonds is 7. The lowest BCUT2D eigenvalue weighted by Crippen LogP contribution is -2.08. The van der Waals surface area contributed by atoms with Crippen LogP contribution < -0.4 is 4.74 Å². The van der Waals surface area contributed by atoms with Crippen molar-refractivity contribution in [2.75, 3.05) is 11.9 Å².